The normalized spacial score (nSPS) is 28.1. The van der Waals surface area contributed by atoms with E-state index < -0.39 is 0 Å². The molecule has 1 aromatic rings. The summed E-state index contributed by atoms with van der Waals surface area (Å²) in [5.41, 5.74) is 1.63. The highest BCUT2D eigenvalue weighted by atomic mass is 16.5. The van der Waals surface area contributed by atoms with E-state index in [1.807, 2.05) is 0 Å². The Morgan fingerprint density at radius 3 is 2.65 bits per heavy atom. The fourth-order valence-electron chi connectivity index (χ4n) is 2.90. The maximum Gasteiger partial charge on any atom is 0.0484 e. The minimum Gasteiger partial charge on any atom is -0.381 e. The molecule has 1 unspecified atom stereocenters. The molecule has 2 aliphatic rings. The summed E-state index contributed by atoms with van der Waals surface area (Å²) in [5.74, 6) is 0. The summed E-state index contributed by atoms with van der Waals surface area (Å²) in [6.07, 6.45) is 2.23. The average Bonchev–Trinajstić information content (AvgIpc) is 2.41. The molecule has 2 N–H and O–H groups in total. The summed E-state index contributed by atoms with van der Waals surface area (Å²) in [6.45, 7) is 3.86. The lowest BCUT2D eigenvalue weighted by atomic mass is 9.86. The number of benzene rings is 1. The van der Waals surface area contributed by atoms with Crippen molar-refractivity contribution in [2.24, 2.45) is 0 Å². The number of hydrogen-bond acceptors (Lipinski definition) is 3. The highest BCUT2D eigenvalue weighted by Crippen LogP contribution is 2.27. The highest BCUT2D eigenvalue weighted by molar-refractivity contribution is 5.21. The zero-order valence-corrected chi connectivity index (χ0v) is 10.1. The second-order valence-corrected chi connectivity index (χ2v) is 5.13. The van der Waals surface area contributed by atoms with E-state index in [-0.39, 0.29) is 5.54 Å². The molecule has 2 heterocycles. The van der Waals surface area contributed by atoms with Crippen LogP contribution in [0.15, 0.2) is 30.3 Å². The van der Waals surface area contributed by atoms with Crippen molar-refractivity contribution < 1.29 is 4.74 Å². The zero-order chi connectivity index (χ0) is 11.6. The van der Waals surface area contributed by atoms with E-state index in [1.165, 1.54) is 5.56 Å². The molecule has 92 valence electrons. The first kappa shape index (κ1) is 11.2. The Labute approximate surface area is 103 Å². The predicted molar refractivity (Wildman–Crippen MR) is 68.0 cm³/mol. The number of nitrogens with one attached hydrogen (secondary N) is 2. The Morgan fingerprint density at radius 1 is 1.12 bits per heavy atom. The minimum absolute atomic E-state index is 0.247. The molecule has 1 atom stereocenters. The first-order chi connectivity index (χ1) is 8.38. The van der Waals surface area contributed by atoms with Crippen LogP contribution in [0.25, 0.3) is 0 Å². The van der Waals surface area contributed by atoms with Crippen molar-refractivity contribution >= 4 is 0 Å². The Morgan fingerprint density at radius 2 is 1.88 bits per heavy atom. The third-order valence-electron chi connectivity index (χ3n) is 3.94. The van der Waals surface area contributed by atoms with Crippen molar-refractivity contribution in [1.29, 1.82) is 0 Å². The minimum atomic E-state index is 0.247. The van der Waals surface area contributed by atoms with Crippen LogP contribution >= 0.6 is 0 Å². The molecule has 0 amide bonds. The Bertz CT molecular complexity index is 354. The molecule has 1 aromatic carbocycles. The molecule has 17 heavy (non-hydrogen) atoms. The topological polar surface area (TPSA) is 33.3 Å². The van der Waals surface area contributed by atoms with E-state index in [1.54, 1.807) is 0 Å². The molecule has 0 saturated carbocycles. The predicted octanol–water partition coefficient (Wildman–Crippen LogP) is 1.47. The van der Waals surface area contributed by atoms with Crippen molar-refractivity contribution in [2.45, 2.75) is 24.4 Å². The number of ether oxygens (including phenoxy) is 1. The van der Waals surface area contributed by atoms with Gasteiger partial charge >= 0.3 is 0 Å². The van der Waals surface area contributed by atoms with Crippen molar-refractivity contribution in [3.63, 3.8) is 0 Å². The Balaban J connectivity index is 1.75. The maximum absolute atomic E-state index is 5.47. The third-order valence-corrected chi connectivity index (χ3v) is 3.94. The van der Waals surface area contributed by atoms with Crippen LogP contribution in [0.3, 0.4) is 0 Å². The Kier molecular flexibility index (Phi) is 3.14. The standard InChI is InChI=1S/C14H20N2O/c1-2-4-12(5-3-1)13-10-15-11-14(16-13)6-8-17-9-7-14/h1-5,13,15-16H,6-11H2. The number of piperazine rings is 1. The van der Waals surface area contributed by atoms with Gasteiger partial charge in [0, 0.05) is 37.9 Å². The summed E-state index contributed by atoms with van der Waals surface area (Å²) in [7, 11) is 0. The summed E-state index contributed by atoms with van der Waals surface area (Å²) in [4.78, 5) is 0. The van der Waals surface area contributed by atoms with Gasteiger partial charge in [-0.05, 0) is 18.4 Å². The van der Waals surface area contributed by atoms with Crippen molar-refractivity contribution in [2.75, 3.05) is 26.3 Å². The van der Waals surface area contributed by atoms with Gasteiger partial charge in [-0.15, -0.1) is 0 Å². The summed E-state index contributed by atoms with van der Waals surface area (Å²) >= 11 is 0. The van der Waals surface area contributed by atoms with E-state index in [2.05, 4.69) is 41.0 Å². The molecule has 2 fully saturated rings. The molecule has 3 rings (SSSR count). The van der Waals surface area contributed by atoms with Crippen molar-refractivity contribution in [3.8, 4) is 0 Å². The van der Waals surface area contributed by atoms with Gasteiger partial charge in [0.25, 0.3) is 0 Å². The number of rotatable bonds is 1. The molecular weight excluding hydrogens is 212 g/mol. The fourth-order valence-corrected chi connectivity index (χ4v) is 2.90. The van der Waals surface area contributed by atoms with E-state index in [9.17, 15) is 0 Å². The summed E-state index contributed by atoms with van der Waals surface area (Å²) in [5, 5.41) is 7.42. The smallest absolute Gasteiger partial charge is 0.0484 e. The first-order valence-corrected chi connectivity index (χ1v) is 6.49. The van der Waals surface area contributed by atoms with Crippen LogP contribution in [-0.2, 0) is 4.74 Å². The maximum atomic E-state index is 5.47. The lowest BCUT2D eigenvalue weighted by Gasteiger charge is -2.45. The van der Waals surface area contributed by atoms with Crippen LogP contribution in [0, 0.1) is 0 Å². The van der Waals surface area contributed by atoms with E-state index >= 15 is 0 Å². The second-order valence-electron chi connectivity index (χ2n) is 5.13. The van der Waals surface area contributed by atoms with Crippen molar-refractivity contribution in [1.82, 2.24) is 10.6 Å². The van der Waals surface area contributed by atoms with Gasteiger partial charge in [0.2, 0.25) is 0 Å². The summed E-state index contributed by atoms with van der Waals surface area (Å²) < 4.78 is 5.47. The van der Waals surface area contributed by atoms with Gasteiger partial charge in [-0.2, -0.15) is 0 Å². The van der Waals surface area contributed by atoms with Crippen LogP contribution < -0.4 is 10.6 Å². The van der Waals surface area contributed by atoms with Crippen molar-refractivity contribution in [3.05, 3.63) is 35.9 Å². The molecule has 0 radical (unpaired) electrons. The van der Waals surface area contributed by atoms with E-state index in [0.29, 0.717) is 6.04 Å². The largest absolute Gasteiger partial charge is 0.381 e. The van der Waals surface area contributed by atoms with Gasteiger partial charge in [-0.3, -0.25) is 0 Å². The molecule has 0 aromatic heterocycles. The molecule has 1 spiro atoms. The first-order valence-electron chi connectivity index (χ1n) is 6.49. The van der Waals surface area contributed by atoms with Crippen LogP contribution in [0.4, 0.5) is 0 Å². The van der Waals surface area contributed by atoms with Crippen LogP contribution in [0.2, 0.25) is 0 Å². The van der Waals surface area contributed by atoms with Crippen LogP contribution in [0.1, 0.15) is 24.4 Å². The number of hydrogen-bond donors (Lipinski definition) is 2. The fraction of sp³-hybridized carbons (Fsp3) is 0.571. The molecule has 2 saturated heterocycles. The SMILES string of the molecule is c1ccc(C2CNCC3(CCOCC3)N2)cc1. The molecular formula is C14H20N2O. The molecule has 2 aliphatic heterocycles. The highest BCUT2D eigenvalue weighted by Gasteiger charge is 2.37. The second kappa shape index (κ2) is 4.77. The molecule has 3 heteroatoms. The lowest BCUT2D eigenvalue weighted by molar-refractivity contribution is 0.0245. The quantitative estimate of drug-likeness (QED) is 0.769. The van der Waals surface area contributed by atoms with Crippen LogP contribution in [-0.4, -0.2) is 31.8 Å². The molecule has 0 bridgehead atoms. The third kappa shape index (κ3) is 2.37. The Hall–Kier alpha value is -0.900. The zero-order valence-electron chi connectivity index (χ0n) is 10.1. The van der Waals surface area contributed by atoms with Gasteiger partial charge in [-0.25, -0.2) is 0 Å². The van der Waals surface area contributed by atoms with Gasteiger partial charge in [0.05, 0.1) is 0 Å². The monoisotopic (exact) mass is 232 g/mol. The molecule has 3 nitrogen and oxygen atoms in total. The van der Waals surface area contributed by atoms with Gasteiger partial charge in [-0.1, -0.05) is 30.3 Å². The van der Waals surface area contributed by atoms with Gasteiger partial charge in [0.15, 0.2) is 0 Å². The van der Waals surface area contributed by atoms with Crippen LogP contribution in [0.5, 0.6) is 0 Å². The van der Waals surface area contributed by atoms with E-state index in [4.69, 9.17) is 4.74 Å². The van der Waals surface area contributed by atoms with Gasteiger partial charge in [0.1, 0.15) is 0 Å². The molecule has 0 aliphatic carbocycles. The summed E-state index contributed by atoms with van der Waals surface area (Å²) in [6, 6.07) is 11.1. The van der Waals surface area contributed by atoms with Gasteiger partial charge < -0.3 is 15.4 Å². The lowest BCUT2D eigenvalue weighted by Crippen LogP contribution is -2.62. The average molecular weight is 232 g/mol. The van der Waals surface area contributed by atoms with E-state index in [0.717, 1.165) is 39.1 Å².